The molecule has 30 heavy (non-hydrogen) atoms. The van der Waals surface area contributed by atoms with Gasteiger partial charge in [-0.2, -0.15) is 0 Å². The van der Waals surface area contributed by atoms with Gasteiger partial charge in [-0.15, -0.1) is 0 Å². The first-order valence-corrected chi connectivity index (χ1v) is 11.8. The average molecular weight is 427 g/mol. The van der Waals surface area contributed by atoms with E-state index in [1.807, 2.05) is 16.0 Å². The van der Waals surface area contributed by atoms with Crippen LogP contribution in [0.25, 0.3) is 5.69 Å². The van der Waals surface area contributed by atoms with Crippen LogP contribution in [0, 0.1) is 19.8 Å². The number of imidazole rings is 1. The minimum absolute atomic E-state index is 0.114. The molecule has 0 unspecified atom stereocenters. The van der Waals surface area contributed by atoms with Crippen molar-refractivity contribution in [3.63, 3.8) is 0 Å². The summed E-state index contributed by atoms with van der Waals surface area (Å²) in [6, 6.07) is 6.35. The minimum Gasteiger partial charge on any atom is -0.339 e. The third kappa shape index (κ3) is 4.56. The van der Waals surface area contributed by atoms with Crippen LogP contribution in [0.4, 0.5) is 0 Å². The normalized spacial score (nSPS) is 17.5. The Hall–Kier alpha value is -2.28. The van der Waals surface area contributed by atoms with E-state index in [1.165, 1.54) is 35.7 Å². The second-order valence-electron chi connectivity index (χ2n) is 8.35. The van der Waals surface area contributed by atoms with Crippen LogP contribution in [0.5, 0.6) is 0 Å². The van der Waals surface area contributed by atoms with Gasteiger partial charge >= 0.3 is 0 Å². The number of piperazine rings is 1. The highest BCUT2D eigenvalue weighted by Gasteiger charge is 2.30. The topological polar surface area (TPSA) is 58.4 Å². The molecule has 1 aliphatic heterocycles. The number of benzene rings is 1. The average Bonchev–Trinajstić information content (AvgIpc) is 3.45. The molecule has 2 amide bonds. The van der Waals surface area contributed by atoms with E-state index in [0.717, 1.165) is 23.7 Å². The Kier molecular flexibility index (Phi) is 6.46. The van der Waals surface area contributed by atoms with Crippen molar-refractivity contribution in [2.24, 2.45) is 5.92 Å². The van der Waals surface area contributed by atoms with Gasteiger partial charge in [0, 0.05) is 44.5 Å². The molecular weight excluding hydrogens is 396 g/mol. The van der Waals surface area contributed by atoms with Crippen molar-refractivity contribution in [2.45, 2.75) is 44.7 Å². The van der Waals surface area contributed by atoms with Crippen molar-refractivity contribution in [3.8, 4) is 5.69 Å². The highest BCUT2D eigenvalue weighted by molar-refractivity contribution is 7.99. The summed E-state index contributed by atoms with van der Waals surface area (Å²) in [5, 5.41) is 0.826. The highest BCUT2D eigenvalue weighted by Crippen LogP contribution is 2.27. The smallest absolute Gasteiger partial charge is 0.233 e. The predicted octanol–water partition coefficient (Wildman–Crippen LogP) is 3.44. The van der Waals surface area contributed by atoms with E-state index < -0.39 is 0 Å². The van der Waals surface area contributed by atoms with Crippen LogP contribution in [0.1, 0.15) is 36.8 Å². The number of hydrogen-bond donors (Lipinski definition) is 0. The van der Waals surface area contributed by atoms with Gasteiger partial charge in [-0.25, -0.2) is 4.98 Å². The quantitative estimate of drug-likeness (QED) is 0.687. The molecule has 2 heterocycles. The third-order valence-corrected chi connectivity index (χ3v) is 7.16. The van der Waals surface area contributed by atoms with Gasteiger partial charge in [-0.05, 0) is 43.9 Å². The van der Waals surface area contributed by atoms with Crippen LogP contribution in [-0.2, 0) is 9.59 Å². The lowest BCUT2D eigenvalue weighted by Gasteiger charge is -2.36. The molecule has 1 aromatic heterocycles. The minimum atomic E-state index is 0.114. The molecule has 2 aromatic rings. The van der Waals surface area contributed by atoms with E-state index in [2.05, 4.69) is 41.6 Å². The summed E-state index contributed by atoms with van der Waals surface area (Å²) in [6.45, 7) is 6.73. The fourth-order valence-corrected chi connectivity index (χ4v) is 5.25. The second kappa shape index (κ2) is 9.25. The van der Waals surface area contributed by atoms with Crippen LogP contribution in [0.2, 0.25) is 0 Å². The molecule has 0 spiro atoms. The predicted molar refractivity (Wildman–Crippen MR) is 119 cm³/mol. The summed E-state index contributed by atoms with van der Waals surface area (Å²) < 4.78 is 2.05. The zero-order valence-electron chi connectivity index (χ0n) is 17.8. The van der Waals surface area contributed by atoms with Crippen LogP contribution < -0.4 is 0 Å². The first-order valence-electron chi connectivity index (χ1n) is 10.8. The summed E-state index contributed by atoms with van der Waals surface area (Å²) in [5.74, 6) is 0.984. The first kappa shape index (κ1) is 21.0. The van der Waals surface area contributed by atoms with Gasteiger partial charge in [-0.1, -0.05) is 36.7 Å². The maximum Gasteiger partial charge on any atom is 0.233 e. The fraction of sp³-hybridized carbons (Fsp3) is 0.522. The van der Waals surface area contributed by atoms with Crippen molar-refractivity contribution in [3.05, 3.63) is 41.7 Å². The SMILES string of the molecule is Cc1ccc(C)c(-n2ccnc2SCC(=O)N2CCN(C(=O)C3CCCC3)CC2)c1. The van der Waals surface area contributed by atoms with E-state index >= 15 is 0 Å². The number of amides is 2. The molecule has 1 saturated carbocycles. The Bertz CT molecular complexity index is 912. The Morgan fingerprint density at radius 3 is 2.50 bits per heavy atom. The molecule has 0 N–H and O–H groups in total. The van der Waals surface area contributed by atoms with Crippen LogP contribution in [0.3, 0.4) is 0 Å². The molecule has 0 bridgehead atoms. The van der Waals surface area contributed by atoms with Gasteiger partial charge in [0.05, 0.1) is 11.4 Å². The van der Waals surface area contributed by atoms with Crippen molar-refractivity contribution >= 4 is 23.6 Å². The number of carbonyl (C=O) groups excluding carboxylic acids is 2. The molecular formula is C23H30N4O2S. The lowest BCUT2D eigenvalue weighted by molar-refractivity contribution is -0.141. The zero-order chi connectivity index (χ0) is 21.1. The molecule has 1 saturated heterocycles. The molecule has 160 valence electrons. The maximum absolute atomic E-state index is 12.8. The number of rotatable bonds is 5. The van der Waals surface area contributed by atoms with Gasteiger partial charge in [0.1, 0.15) is 0 Å². The van der Waals surface area contributed by atoms with E-state index in [0.29, 0.717) is 37.8 Å². The van der Waals surface area contributed by atoms with Gasteiger partial charge in [0.2, 0.25) is 11.8 Å². The largest absolute Gasteiger partial charge is 0.339 e. The van der Waals surface area contributed by atoms with E-state index in [4.69, 9.17) is 0 Å². The number of thioether (sulfide) groups is 1. The molecule has 1 aromatic carbocycles. The molecule has 0 radical (unpaired) electrons. The molecule has 6 nitrogen and oxygen atoms in total. The van der Waals surface area contributed by atoms with Gasteiger partial charge in [0.25, 0.3) is 0 Å². The number of aryl methyl sites for hydroxylation is 2. The van der Waals surface area contributed by atoms with Crippen molar-refractivity contribution in [1.29, 1.82) is 0 Å². The first-order chi connectivity index (χ1) is 14.5. The van der Waals surface area contributed by atoms with Crippen LogP contribution in [0.15, 0.2) is 35.7 Å². The van der Waals surface area contributed by atoms with Gasteiger partial charge < -0.3 is 9.80 Å². The summed E-state index contributed by atoms with van der Waals surface area (Å²) in [6.07, 6.45) is 8.13. The Labute approximate surface area is 182 Å². The van der Waals surface area contributed by atoms with Gasteiger partial charge in [-0.3, -0.25) is 14.2 Å². The number of hydrogen-bond acceptors (Lipinski definition) is 4. The number of nitrogens with zero attached hydrogens (tertiary/aromatic N) is 4. The van der Waals surface area contributed by atoms with Gasteiger partial charge in [0.15, 0.2) is 5.16 Å². The van der Waals surface area contributed by atoms with E-state index in [-0.39, 0.29) is 11.8 Å². The monoisotopic (exact) mass is 426 g/mol. The summed E-state index contributed by atoms with van der Waals surface area (Å²) in [5.41, 5.74) is 3.47. The standard InChI is InChI=1S/C23H30N4O2S/c1-17-7-8-18(2)20(15-17)27-10-9-24-23(27)30-16-21(28)25-11-13-26(14-12-25)22(29)19-5-3-4-6-19/h7-10,15,19H,3-6,11-14,16H2,1-2H3. The summed E-state index contributed by atoms with van der Waals surface area (Å²) >= 11 is 1.47. The fourth-order valence-electron chi connectivity index (χ4n) is 4.38. The third-order valence-electron chi connectivity index (χ3n) is 6.20. The maximum atomic E-state index is 12.8. The number of aromatic nitrogens is 2. The second-order valence-corrected chi connectivity index (χ2v) is 9.29. The highest BCUT2D eigenvalue weighted by atomic mass is 32.2. The Balaban J connectivity index is 1.31. The molecule has 0 atom stereocenters. The summed E-state index contributed by atoms with van der Waals surface area (Å²) in [7, 11) is 0. The summed E-state index contributed by atoms with van der Waals surface area (Å²) in [4.78, 5) is 33.7. The Morgan fingerprint density at radius 1 is 1.07 bits per heavy atom. The lowest BCUT2D eigenvalue weighted by atomic mass is 10.1. The molecule has 2 aliphatic rings. The van der Waals surface area contributed by atoms with Crippen molar-refractivity contribution < 1.29 is 9.59 Å². The molecule has 2 fully saturated rings. The molecule has 7 heteroatoms. The Morgan fingerprint density at radius 2 is 1.77 bits per heavy atom. The van der Waals surface area contributed by atoms with E-state index in [9.17, 15) is 9.59 Å². The lowest BCUT2D eigenvalue weighted by Crippen LogP contribution is -2.52. The molecule has 4 rings (SSSR count). The molecule has 1 aliphatic carbocycles. The van der Waals surface area contributed by atoms with Crippen LogP contribution in [-0.4, -0.2) is 63.1 Å². The van der Waals surface area contributed by atoms with Crippen molar-refractivity contribution in [2.75, 3.05) is 31.9 Å². The van der Waals surface area contributed by atoms with Crippen LogP contribution >= 0.6 is 11.8 Å². The number of carbonyl (C=O) groups is 2. The van der Waals surface area contributed by atoms with Crippen molar-refractivity contribution in [1.82, 2.24) is 19.4 Å². The zero-order valence-corrected chi connectivity index (χ0v) is 18.7. The van der Waals surface area contributed by atoms with E-state index in [1.54, 1.807) is 6.20 Å².